The summed E-state index contributed by atoms with van der Waals surface area (Å²) in [4.78, 5) is 61.9. The van der Waals surface area contributed by atoms with Gasteiger partial charge in [0.2, 0.25) is 17.6 Å². The van der Waals surface area contributed by atoms with E-state index in [1.165, 1.54) is 43.5 Å². The second-order valence-electron chi connectivity index (χ2n) is 12.4. The van der Waals surface area contributed by atoms with Crippen molar-refractivity contribution in [3.8, 4) is 11.5 Å². The number of ether oxygens (including phenoxy) is 1. The van der Waals surface area contributed by atoms with E-state index in [0.717, 1.165) is 17.0 Å². The van der Waals surface area contributed by atoms with Crippen molar-refractivity contribution in [1.29, 1.82) is 0 Å². The highest BCUT2D eigenvalue weighted by atomic mass is 35.5. The van der Waals surface area contributed by atoms with E-state index in [4.69, 9.17) is 27.9 Å². The van der Waals surface area contributed by atoms with Gasteiger partial charge in [-0.25, -0.2) is 26.9 Å². The molecule has 2 aliphatic heterocycles. The summed E-state index contributed by atoms with van der Waals surface area (Å²) in [5, 5.41) is 22.5. The molecule has 0 aromatic heterocycles. The summed E-state index contributed by atoms with van der Waals surface area (Å²) >= 11 is 14.1. The normalized spacial score (nSPS) is 28.4. The van der Waals surface area contributed by atoms with Crippen molar-refractivity contribution in [3.63, 3.8) is 0 Å². The first-order valence-electron chi connectivity index (χ1n) is 15.0. The van der Waals surface area contributed by atoms with E-state index in [0.29, 0.717) is 0 Å². The van der Waals surface area contributed by atoms with Crippen LogP contribution in [0.15, 0.2) is 54.1 Å². The molecule has 2 saturated heterocycles. The standard InChI is InChI=1S/C33H20Cl2F5N3O8/c1-51-18-4-2-3-16(27(18)44)20-14-9-10-15-19(29(46)41(28(15)45)12-5-7-13(8-6-12)43(49)50)17(14)11-32(34)30(47)42(31(48)33(20,32)35)26-24(39)22(37)21(36)23(38)25(26)40/h2-9,15,17,19-20,44H,10-11H2,1H3. The van der Waals surface area contributed by atoms with Crippen molar-refractivity contribution in [2.75, 3.05) is 16.9 Å². The number of carbonyl (C=O) groups excluding carboxylic acids is 4. The van der Waals surface area contributed by atoms with Crippen LogP contribution in [0.1, 0.15) is 24.3 Å². The van der Waals surface area contributed by atoms with Crippen LogP contribution in [0.3, 0.4) is 0 Å². The van der Waals surface area contributed by atoms with E-state index < -0.39 is 109 Å². The van der Waals surface area contributed by atoms with Gasteiger partial charge in [-0.05, 0) is 37.0 Å². The molecule has 1 saturated carbocycles. The summed E-state index contributed by atoms with van der Waals surface area (Å²) in [6.07, 6.45) is 0.548. The Hall–Kier alpha value is -5.09. The molecule has 6 atom stereocenters. The van der Waals surface area contributed by atoms with Gasteiger partial charge in [0.25, 0.3) is 17.5 Å². The number of rotatable bonds is 5. The molecule has 3 fully saturated rings. The number of aromatic hydroxyl groups is 1. The SMILES string of the molecule is COc1cccc(C2C3=CCC4C(=O)N(c5ccc([N+](=O)[O-])cc5)C(=O)C4C3CC3(Cl)C(=O)N(c4c(F)c(F)c(F)c(F)c4F)C(=O)C23Cl)c1O. The van der Waals surface area contributed by atoms with Gasteiger partial charge in [0.05, 0.1) is 29.6 Å². The Morgan fingerprint density at radius 3 is 2.06 bits per heavy atom. The molecule has 0 spiro atoms. The molecule has 0 radical (unpaired) electrons. The molecular formula is C33H20Cl2F5N3O8. The number of imide groups is 2. The van der Waals surface area contributed by atoms with Crippen molar-refractivity contribution in [1.82, 2.24) is 0 Å². The van der Waals surface area contributed by atoms with Crippen LogP contribution >= 0.6 is 23.2 Å². The molecule has 3 aromatic carbocycles. The summed E-state index contributed by atoms with van der Waals surface area (Å²) in [5.74, 6) is -23.6. The van der Waals surface area contributed by atoms with Crippen LogP contribution in [0.5, 0.6) is 11.5 Å². The van der Waals surface area contributed by atoms with Crippen LogP contribution in [0.25, 0.3) is 0 Å². The minimum atomic E-state index is -2.84. The average Bonchev–Trinajstić information content (AvgIpc) is 3.45. The first kappa shape index (κ1) is 34.4. The van der Waals surface area contributed by atoms with Crippen molar-refractivity contribution in [3.05, 3.63) is 98.9 Å². The lowest BCUT2D eigenvalue weighted by Crippen LogP contribution is -2.60. The van der Waals surface area contributed by atoms with Gasteiger partial charge in [0.15, 0.2) is 44.5 Å². The highest BCUT2D eigenvalue weighted by Gasteiger charge is 2.77. The number of amides is 4. The number of phenols is 1. The summed E-state index contributed by atoms with van der Waals surface area (Å²) in [7, 11) is 1.19. The number of hydrogen-bond acceptors (Lipinski definition) is 8. The summed E-state index contributed by atoms with van der Waals surface area (Å²) in [5.41, 5.74) is -2.37. The Kier molecular flexibility index (Phi) is 7.72. The average molecular weight is 752 g/mol. The maximum atomic E-state index is 15.2. The molecule has 4 amide bonds. The fourth-order valence-corrected chi connectivity index (χ4v) is 8.75. The Morgan fingerprint density at radius 2 is 1.47 bits per heavy atom. The van der Waals surface area contributed by atoms with Crippen LogP contribution < -0.4 is 14.5 Å². The molecule has 6 unspecified atom stereocenters. The van der Waals surface area contributed by atoms with Gasteiger partial charge >= 0.3 is 0 Å². The number of allylic oxidation sites excluding steroid dienone is 2. The highest BCUT2D eigenvalue weighted by molar-refractivity contribution is 6.58. The van der Waals surface area contributed by atoms with Crippen LogP contribution in [0.2, 0.25) is 0 Å². The van der Waals surface area contributed by atoms with Crippen molar-refractivity contribution >= 4 is 63.9 Å². The molecule has 1 N–H and O–H groups in total. The van der Waals surface area contributed by atoms with Crippen molar-refractivity contribution in [2.45, 2.75) is 28.5 Å². The number of hydrogen-bond donors (Lipinski definition) is 1. The zero-order valence-corrected chi connectivity index (χ0v) is 27.1. The van der Waals surface area contributed by atoms with Crippen molar-refractivity contribution in [2.24, 2.45) is 17.8 Å². The Balaban J connectivity index is 1.43. The predicted octanol–water partition coefficient (Wildman–Crippen LogP) is 5.77. The van der Waals surface area contributed by atoms with E-state index in [1.807, 2.05) is 0 Å². The van der Waals surface area contributed by atoms with Gasteiger partial charge in [-0.1, -0.05) is 23.8 Å². The third-order valence-electron chi connectivity index (χ3n) is 10.1. The number of alkyl halides is 2. The van der Waals surface area contributed by atoms with Crippen LogP contribution in [0.4, 0.5) is 39.0 Å². The first-order chi connectivity index (χ1) is 24.0. The number of anilines is 2. The third-order valence-corrected chi connectivity index (χ3v) is 11.5. The number of carbonyl (C=O) groups is 4. The first-order valence-corrected chi connectivity index (χ1v) is 15.7. The van der Waals surface area contributed by atoms with E-state index in [1.54, 1.807) is 0 Å². The molecule has 2 aliphatic carbocycles. The lowest BCUT2D eigenvalue weighted by Gasteiger charge is -2.50. The molecule has 0 bridgehead atoms. The van der Waals surface area contributed by atoms with Gasteiger partial charge in [-0.15, -0.1) is 23.2 Å². The number of fused-ring (bicyclic) bond motifs is 4. The van der Waals surface area contributed by atoms with E-state index in [2.05, 4.69) is 0 Å². The summed E-state index contributed by atoms with van der Waals surface area (Å²) in [6, 6.07) is 8.48. The molecule has 18 heteroatoms. The fraction of sp³-hybridized carbons (Fsp3) is 0.273. The zero-order valence-electron chi connectivity index (χ0n) is 25.6. The van der Waals surface area contributed by atoms with Gasteiger partial charge in [-0.2, -0.15) is 0 Å². The van der Waals surface area contributed by atoms with E-state index >= 15 is 8.78 Å². The lowest BCUT2D eigenvalue weighted by molar-refractivity contribution is -0.384. The Labute approximate surface area is 292 Å². The van der Waals surface area contributed by atoms with Gasteiger partial charge in [0, 0.05) is 23.6 Å². The molecule has 264 valence electrons. The largest absolute Gasteiger partial charge is 0.504 e. The topological polar surface area (TPSA) is 147 Å². The molecule has 7 rings (SSSR count). The maximum absolute atomic E-state index is 15.2. The summed E-state index contributed by atoms with van der Waals surface area (Å²) in [6.45, 7) is 0. The smallest absolute Gasteiger partial charge is 0.269 e. The molecular weight excluding hydrogens is 732 g/mol. The number of halogens is 7. The number of methoxy groups -OCH3 is 1. The van der Waals surface area contributed by atoms with Crippen LogP contribution in [-0.4, -0.2) is 50.5 Å². The maximum Gasteiger partial charge on any atom is 0.269 e. The second kappa shape index (κ2) is 11.5. The van der Waals surface area contributed by atoms with Gasteiger partial charge in [0.1, 0.15) is 5.69 Å². The number of benzene rings is 3. The lowest BCUT2D eigenvalue weighted by atomic mass is 9.56. The number of phenolic OH excluding ortho intramolecular Hbond substituents is 1. The number of para-hydroxylation sites is 1. The second-order valence-corrected chi connectivity index (χ2v) is 13.6. The van der Waals surface area contributed by atoms with Gasteiger partial charge < -0.3 is 9.84 Å². The molecule has 11 nitrogen and oxygen atoms in total. The highest BCUT2D eigenvalue weighted by Crippen LogP contribution is 2.67. The van der Waals surface area contributed by atoms with E-state index in [9.17, 15) is 47.6 Å². The third kappa shape index (κ3) is 4.35. The zero-order chi connectivity index (χ0) is 37.1. The number of nitro groups is 1. The van der Waals surface area contributed by atoms with Crippen molar-refractivity contribution < 1.29 is 55.9 Å². The molecule has 3 aromatic rings. The Morgan fingerprint density at radius 1 is 0.863 bits per heavy atom. The van der Waals surface area contributed by atoms with Crippen LogP contribution in [-0.2, 0) is 19.2 Å². The number of non-ortho nitro benzene ring substituents is 1. The van der Waals surface area contributed by atoms with Gasteiger partial charge in [-0.3, -0.25) is 34.2 Å². The molecule has 51 heavy (non-hydrogen) atoms. The minimum Gasteiger partial charge on any atom is -0.504 e. The number of nitrogens with zero attached hydrogens (tertiary/aromatic N) is 3. The monoisotopic (exact) mass is 751 g/mol. The number of nitro benzene ring substituents is 1. The predicted molar refractivity (Wildman–Crippen MR) is 167 cm³/mol. The van der Waals surface area contributed by atoms with E-state index in [-0.39, 0.29) is 39.6 Å². The van der Waals surface area contributed by atoms with Crippen LogP contribution in [0, 0.1) is 57.0 Å². The minimum absolute atomic E-state index is 0.0127. The molecule has 4 aliphatic rings. The Bertz CT molecular complexity index is 2140. The fourth-order valence-electron chi connectivity index (χ4n) is 7.83. The quantitative estimate of drug-likeness (QED) is 0.0505. The molecule has 2 heterocycles. The summed E-state index contributed by atoms with van der Waals surface area (Å²) < 4.78 is 78.5.